The van der Waals surface area contributed by atoms with Crippen LogP contribution in [0.15, 0.2) is 54.7 Å². The Balaban J connectivity index is 1.56. The van der Waals surface area contributed by atoms with Crippen molar-refractivity contribution in [3.05, 3.63) is 66.0 Å². The van der Waals surface area contributed by atoms with Gasteiger partial charge in [0.2, 0.25) is 0 Å². The number of nitrogens with zero attached hydrogens (tertiary/aromatic N) is 2. The Hall–Kier alpha value is -3.41. The Bertz CT molecular complexity index is 1080. The van der Waals surface area contributed by atoms with Gasteiger partial charge >= 0.3 is 22.0 Å². The fraction of sp³-hybridized carbons (Fsp3) is 0.200. The second kappa shape index (κ2) is 10.1. The predicted molar refractivity (Wildman–Crippen MR) is 114 cm³/mol. The number of anilines is 1. The number of aromatic nitrogens is 1. The molecule has 1 aromatic heterocycles. The first-order valence-electron chi connectivity index (χ1n) is 9.42. The van der Waals surface area contributed by atoms with E-state index in [1.165, 1.54) is 30.3 Å². The van der Waals surface area contributed by atoms with Crippen LogP contribution in [0.1, 0.15) is 16.1 Å². The predicted octanol–water partition coefficient (Wildman–Crippen LogP) is 0.182. The van der Waals surface area contributed by atoms with Crippen LogP contribution in [0.25, 0.3) is 6.08 Å². The van der Waals surface area contributed by atoms with Crippen molar-refractivity contribution in [2.24, 2.45) is 0 Å². The van der Waals surface area contributed by atoms with Crippen LogP contribution in [0, 0.1) is 0 Å². The summed E-state index contributed by atoms with van der Waals surface area (Å²) in [6, 6.07) is 11.2. The van der Waals surface area contributed by atoms with Gasteiger partial charge in [-0.1, -0.05) is 6.07 Å². The molecule has 0 unspecified atom stereocenters. The van der Waals surface area contributed by atoms with Crippen LogP contribution in [-0.4, -0.2) is 61.5 Å². The number of allylic oxidation sites excluding steroid dienone is 1. The maximum Gasteiger partial charge on any atom is 0.324 e. The molecule has 0 aliphatic carbocycles. The molecule has 0 spiro atoms. The monoisotopic (exact) mass is 443 g/mol. The van der Waals surface area contributed by atoms with Crippen LogP contribution in [-0.2, 0) is 19.8 Å². The van der Waals surface area contributed by atoms with E-state index >= 15 is 0 Å². The van der Waals surface area contributed by atoms with Gasteiger partial charge in [-0.05, 0) is 48.6 Å². The SMILES string of the molecule is O=C(Nc1ccc(C(=O)/C=C/c2ccccn2)cc1)C(=O)NS(=O)(=O)N1CCNCC1. The molecule has 2 amide bonds. The van der Waals surface area contributed by atoms with Crippen molar-refractivity contribution in [3.63, 3.8) is 0 Å². The van der Waals surface area contributed by atoms with E-state index in [-0.39, 0.29) is 24.6 Å². The third-order valence-electron chi connectivity index (χ3n) is 4.36. The summed E-state index contributed by atoms with van der Waals surface area (Å²) in [5, 5.41) is 5.30. The molecule has 1 saturated heterocycles. The largest absolute Gasteiger partial charge is 0.324 e. The average molecular weight is 443 g/mol. The molecule has 2 aromatic rings. The Labute approximate surface area is 179 Å². The summed E-state index contributed by atoms with van der Waals surface area (Å²) in [6.07, 6.45) is 4.58. The normalized spacial score (nSPS) is 14.8. The van der Waals surface area contributed by atoms with Gasteiger partial charge in [0, 0.05) is 43.6 Å². The Morgan fingerprint density at radius 2 is 1.71 bits per heavy atom. The lowest BCUT2D eigenvalue weighted by Gasteiger charge is -2.26. The zero-order valence-electron chi connectivity index (χ0n) is 16.4. The van der Waals surface area contributed by atoms with Crippen molar-refractivity contribution in [2.75, 3.05) is 31.5 Å². The van der Waals surface area contributed by atoms with Gasteiger partial charge in [0.1, 0.15) is 0 Å². The number of rotatable bonds is 6. The molecule has 3 N–H and O–H groups in total. The van der Waals surface area contributed by atoms with Gasteiger partial charge in [0.15, 0.2) is 5.78 Å². The Morgan fingerprint density at radius 3 is 2.35 bits per heavy atom. The van der Waals surface area contributed by atoms with Crippen molar-refractivity contribution < 1.29 is 22.8 Å². The van der Waals surface area contributed by atoms with Gasteiger partial charge in [-0.3, -0.25) is 19.4 Å². The van der Waals surface area contributed by atoms with Crippen LogP contribution in [0.5, 0.6) is 0 Å². The lowest BCUT2D eigenvalue weighted by Crippen LogP contribution is -2.53. The molecule has 0 saturated carbocycles. The minimum absolute atomic E-state index is 0.203. The third-order valence-corrected chi connectivity index (χ3v) is 5.85. The first-order valence-corrected chi connectivity index (χ1v) is 10.9. The van der Waals surface area contributed by atoms with Crippen LogP contribution in [0.4, 0.5) is 5.69 Å². The summed E-state index contributed by atoms with van der Waals surface area (Å²) in [6.45, 7) is 1.33. The molecule has 1 aromatic carbocycles. The zero-order chi connectivity index (χ0) is 22.3. The average Bonchev–Trinajstić information content (AvgIpc) is 2.79. The van der Waals surface area contributed by atoms with Gasteiger partial charge in [-0.25, -0.2) is 4.72 Å². The van der Waals surface area contributed by atoms with Crippen LogP contribution in [0.2, 0.25) is 0 Å². The number of benzene rings is 1. The highest BCUT2D eigenvalue weighted by atomic mass is 32.2. The number of piperazine rings is 1. The van der Waals surface area contributed by atoms with E-state index in [1.807, 2.05) is 0 Å². The van der Waals surface area contributed by atoms with Crippen molar-refractivity contribution in [1.29, 1.82) is 0 Å². The molecule has 0 atom stereocenters. The van der Waals surface area contributed by atoms with E-state index in [4.69, 9.17) is 0 Å². The Morgan fingerprint density at radius 1 is 1.00 bits per heavy atom. The summed E-state index contributed by atoms with van der Waals surface area (Å²) in [4.78, 5) is 40.3. The van der Waals surface area contributed by atoms with Crippen molar-refractivity contribution in [1.82, 2.24) is 19.3 Å². The number of carbonyl (C=O) groups excluding carboxylic acids is 3. The molecule has 31 heavy (non-hydrogen) atoms. The summed E-state index contributed by atoms with van der Waals surface area (Å²) < 4.78 is 27.2. The van der Waals surface area contributed by atoms with E-state index in [1.54, 1.807) is 35.2 Å². The molecule has 11 heteroatoms. The van der Waals surface area contributed by atoms with Crippen LogP contribution in [0.3, 0.4) is 0 Å². The molecule has 1 aliphatic rings. The lowest BCUT2D eigenvalue weighted by atomic mass is 10.1. The minimum atomic E-state index is -4.09. The first-order chi connectivity index (χ1) is 14.8. The number of ketones is 1. The quantitative estimate of drug-likeness (QED) is 0.329. The molecule has 162 valence electrons. The number of amides is 2. The molecule has 1 fully saturated rings. The number of hydrogen-bond acceptors (Lipinski definition) is 7. The summed E-state index contributed by atoms with van der Waals surface area (Å²) in [5.74, 6) is -2.69. The van der Waals surface area contributed by atoms with Crippen molar-refractivity contribution >= 4 is 39.6 Å². The second-order valence-electron chi connectivity index (χ2n) is 6.57. The van der Waals surface area contributed by atoms with E-state index in [0.29, 0.717) is 24.3 Å². The van der Waals surface area contributed by atoms with E-state index in [2.05, 4.69) is 15.6 Å². The molecule has 3 rings (SSSR count). The summed E-state index contributed by atoms with van der Waals surface area (Å²) >= 11 is 0. The van der Waals surface area contributed by atoms with Gasteiger partial charge < -0.3 is 10.6 Å². The maximum absolute atomic E-state index is 12.2. The summed E-state index contributed by atoms with van der Waals surface area (Å²) in [5.41, 5.74) is 1.25. The topological polar surface area (TPSA) is 138 Å². The number of nitrogens with one attached hydrogen (secondary N) is 3. The zero-order valence-corrected chi connectivity index (χ0v) is 17.3. The summed E-state index contributed by atoms with van der Waals surface area (Å²) in [7, 11) is -4.09. The highest BCUT2D eigenvalue weighted by Gasteiger charge is 2.28. The van der Waals surface area contributed by atoms with Crippen molar-refractivity contribution in [2.45, 2.75) is 0 Å². The molecular formula is C20H21N5O5S. The molecule has 2 heterocycles. The fourth-order valence-electron chi connectivity index (χ4n) is 2.75. The Kier molecular flexibility index (Phi) is 7.23. The van der Waals surface area contributed by atoms with Gasteiger partial charge in [-0.2, -0.15) is 12.7 Å². The van der Waals surface area contributed by atoms with E-state index < -0.39 is 22.0 Å². The van der Waals surface area contributed by atoms with Gasteiger partial charge in [0.25, 0.3) is 0 Å². The van der Waals surface area contributed by atoms with Crippen LogP contribution >= 0.6 is 0 Å². The van der Waals surface area contributed by atoms with Gasteiger partial charge in [0.05, 0.1) is 5.69 Å². The minimum Gasteiger partial charge on any atom is -0.318 e. The smallest absolute Gasteiger partial charge is 0.318 e. The maximum atomic E-state index is 12.2. The highest BCUT2D eigenvalue weighted by Crippen LogP contribution is 2.11. The fourth-order valence-corrected chi connectivity index (χ4v) is 3.87. The van der Waals surface area contributed by atoms with Crippen molar-refractivity contribution in [3.8, 4) is 0 Å². The molecule has 0 radical (unpaired) electrons. The molecular weight excluding hydrogens is 422 g/mol. The highest BCUT2D eigenvalue weighted by molar-refractivity contribution is 7.87. The molecule has 0 bridgehead atoms. The lowest BCUT2D eigenvalue weighted by molar-refractivity contribution is -0.135. The number of hydrogen-bond donors (Lipinski definition) is 3. The molecule has 1 aliphatic heterocycles. The van der Waals surface area contributed by atoms with E-state index in [0.717, 1.165) is 4.31 Å². The molecule has 10 nitrogen and oxygen atoms in total. The second-order valence-corrected chi connectivity index (χ2v) is 8.24. The van der Waals surface area contributed by atoms with E-state index in [9.17, 15) is 22.8 Å². The van der Waals surface area contributed by atoms with Crippen LogP contribution < -0.4 is 15.4 Å². The number of pyridine rings is 1. The first kappa shape index (κ1) is 22.3. The third kappa shape index (κ3) is 6.28. The standard InChI is InChI=1S/C20H21N5O5S/c26-18(9-8-16-3-1-2-10-22-16)15-4-6-17(7-5-15)23-19(27)20(28)24-31(29,30)25-13-11-21-12-14-25/h1-10,21H,11-14H2,(H,23,27)(H,24,28)/b9-8+. The van der Waals surface area contributed by atoms with Gasteiger partial charge in [-0.15, -0.1) is 0 Å². The number of carbonyl (C=O) groups is 3.